The van der Waals surface area contributed by atoms with Gasteiger partial charge in [0.25, 0.3) is 0 Å². The van der Waals surface area contributed by atoms with Crippen LogP contribution in [0.3, 0.4) is 0 Å². The minimum Gasteiger partial charge on any atom is -0.744 e. The van der Waals surface area contributed by atoms with Crippen LogP contribution in [0.15, 0.2) is 51.1 Å². The van der Waals surface area contributed by atoms with E-state index < -0.39 is 62.3 Å². The predicted octanol–water partition coefficient (Wildman–Crippen LogP) is 2.36. The Labute approximate surface area is 244 Å². The van der Waals surface area contributed by atoms with E-state index >= 15 is 0 Å². The van der Waals surface area contributed by atoms with Crippen molar-refractivity contribution in [2.45, 2.75) is 56.2 Å². The van der Waals surface area contributed by atoms with Crippen molar-refractivity contribution in [3.8, 4) is 17.2 Å². The third kappa shape index (κ3) is 9.46. The Morgan fingerprint density at radius 2 is 0.625 bits per heavy atom. The van der Waals surface area contributed by atoms with Crippen LogP contribution in [0.25, 0.3) is 0 Å². The Balaban J connectivity index is 0.000000563. The summed E-state index contributed by atoms with van der Waals surface area (Å²) < 4.78 is 95.4. The van der Waals surface area contributed by atoms with Crippen LogP contribution in [0, 0.1) is 41.5 Å². The summed E-state index contributed by atoms with van der Waals surface area (Å²) in [6.45, 7) is 9.82. The zero-order valence-electron chi connectivity index (χ0n) is 22.3. The zero-order valence-corrected chi connectivity index (χ0v) is 25.9. The first-order valence-corrected chi connectivity index (χ1v) is 15.0. The molecule has 0 saturated carbocycles. The summed E-state index contributed by atoms with van der Waals surface area (Å²) in [7, 11) is -13.7. The molecule has 0 heterocycles. The van der Waals surface area contributed by atoms with E-state index in [-0.39, 0.29) is 17.4 Å². The van der Waals surface area contributed by atoms with Crippen LogP contribution in [0.4, 0.5) is 0 Å². The van der Waals surface area contributed by atoms with Crippen molar-refractivity contribution in [2.75, 3.05) is 0 Å². The molecule has 0 fully saturated rings. The Morgan fingerprint density at radius 1 is 0.450 bits per heavy atom. The van der Waals surface area contributed by atoms with E-state index in [4.69, 9.17) is 0 Å². The molecule has 0 spiro atoms. The first-order valence-electron chi connectivity index (χ1n) is 10.8. The molecule has 0 atom stereocenters. The first-order chi connectivity index (χ1) is 17.5. The van der Waals surface area contributed by atoms with Crippen molar-refractivity contribution in [3.63, 3.8) is 0 Å². The fourth-order valence-corrected chi connectivity index (χ4v) is 4.81. The molecule has 216 valence electrons. The summed E-state index contributed by atoms with van der Waals surface area (Å²) in [6, 6.07) is 7.79. The van der Waals surface area contributed by atoms with Crippen molar-refractivity contribution < 1.29 is 54.2 Å². The Hall–Kier alpha value is -2.68. The van der Waals surface area contributed by atoms with Gasteiger partial charge in [-0.2, -0.15) is 0 Å². The number of rotatable bonds is 3. The second-order valence-corrected chi connectivity index (χ2v) is 12.5. The molecule has 3 aromatic rings. The van der Waals surface area contributed by atoms with Crippen molar-refractivity contribution in [1.29, 1.82) is 0 Å². The molecule has 0 aliphatic carbocycles. The van der Waals surface area contributed by atoms with Crippen molar-refractivity contribution in [2.24, 2.45) is 0 Å². The van der Waals surface area contributed by atoms with Gasteiger partial charge in [-0.1, -0.05) is 18.2 Å². The molecule has 40 heavy (non-hydrogen) atoms. The molecule has 3 rings (SSSR count). The van der Waals surface area contributed by atoms with Crippen molar-refractivity contribution >= 4 is 47.7 Å². The number of benzene rings is 3. The number of hydrogen-bond donors (Lipinski definition) is 3. The van der Waals surface area contributed by atoms with Gasteiger partial charge >= 0.3 is 17.4 Å². The summed E-state index contributed by atoms with van der Waals surface area (Å²) in [6.07, 6.45) is 0. The first kappa shape index (κ1) is 37.3. The van der Waals surface area contributed by atoms with E-state index in [9.17, 15) is 54.2 Å². The number of phenols is 3. The normalized spacial score (nSPS) is 11.3. The van der Waals surface area contributed by atoms with Gasteiger partial charge in [0.05, 0.1) is 14.7 Å². The Morgan fingerprint density at radius 3 is 0.775 bits per heavy atom. The van der Waals surface area contributed by atoms with E-state index in [2.05, 4.69) is 0 Å². The molecular formula is C24H27AlO12S3. The van der Waals surface area contributed by atoms with Gasteiger partial charge in [-0.25, -0.2) is 25.3 Å². The fourth-order valence-electron chi connectivity index (χ4n) is 2.93. The summed E-state index contributed by atoms with van der Waals surface area (Å²) in [5.74, 6) is -1.35. The molecule has 3 N–H and O–H groups in total. The fraction of sp³-hybridized carbons (Fsp3) is 0.250. The maximum absolute atomic E-state index is 10.6. The summed E-state index contributed by atoms with van der Waals surface area (Å²) in [4.78, 5) is -1.68. The Kier molecular flexibility index (Phi) is 12.9. The molecule has 3 aromatic carbocycles. The smallest absolute Gasteiger partial charge is 0.744 e. The molecule has 0 aliphatic rings. The molecule has 0 unspecified atom stereocenters. The number of aromatic hydroxyl groups is 3. The minimum absolute atomic E-state index is 0. The average molecular weight is 631 g/mol. The summed E-state index contributed by atoms with van der Waals surface area (Å²) >= 11 is 0. The van der Waals surface area contributed by atoms with Crippen LogP contribution in [-0.4, -0.2) is 71.6 Å². The van der Waals surface area contributed by atoms with Crippen LogP contribution in [0.2, 0.25) is 0 Å². The van der Waals surface area contributed by atoms with Crippen LogP contribution in [0.5, 0.6) is 17.2 Å². The topological polar surface area (TPSA) is 232 Å². The second kappa shape index (κ2) is 13.8. The maximum atomic E-state index is 10.6. The van der Waals surface area contributed by atoms with Gasteiger partial charge in [-0.15, -0.1) is 0 Å². The molecule has 16 heteroatoms. The van der Waals surface area contributed by atoms with Gasteiger partial charge in [0.1, 0.15) is 47.6 Å². The van der Waals surface area contributed by atoms with Crippen LogP contribution >= 0.6 is 0 Å². The summed E-state index contributed by atoms with van der Waals surface area (Å²) in [5.41, 5.74) is 3.46. The van der Waals surface area contributed by atoms with E-state index in [1.807, 2.05) is 0 Å². The molecule has 0 saturated heterocycles. The van der Waals surface area contributed by atoms with Gasteiger partial charge in [-0.05, 0) is 93.1 Å². The quantitative estimate of drug-likeness (QED) is 0.280. The SMILES string of the molecule is Cc1ccc(S(=O)(=O)[O-])c(O)c1C.Cc1ccc(S(=O)(=O)[O-])c(O)c1C.Cc1ccc(S(=O)(=O)[O-])c(O)c1C.[Al+3]. The molecule has 12 nitrogen and oxygen atoms in total. The van der Waals surface area contributed by atoms with Crippen LogP contribution in [0.1, 0.15) is 33.4 Å². The summed E-state index contributed by atoms with van der Waals surface area (Å²) in [5, 5.41) is 28.0. The molecule has 0 amide bonds. The number of hydrogen-bond acceptors (Lipinski definition) is 12. The van der Waals surface area contributed by atoms with Gasteiger partial charge in [0.2, 0.25) is 0 Å². The van der Waals surface area contributed by atoms with Crippen LogP contribution < -0.4 is 0 Å². The number of aryl methyl sites for hydroxylation is 3. The predicted molar refractivity (Wildman–Crippen MR) is 142 cm³/mol. The monoisotopic (exact) mass is 630 g/mol. The molecule has 0 aromatic heterocycles. The average Bonchev–Trinajstić information content (AvgIpc) is 2.78. The minimum atomic E-state index is -4.57. The molecule has 0 bridgehead atoms. The largest absolute Gasteiger partial charge is 3.00 e. The van der Waals surface area contributed by atoms with Gasteiger partial charge < -0.3 is 29.0 Å². The van der Waals surface area contributed by atoms with Gasteiger partial charge in [0.15, 0.2) is 0 Å². The molecule has 0 aliphatic heterocycles. The van der Waals surface area contributed by atoms with E-state index in [0.717, 1.165) is 34.9 Å². The maximum Gasteiger partial charge on any atom is 3.00 e. The standard InChI is InChI=1S/3C8H10O4S.Al/c3*1-5-3-4-7(13(10,11)12)8(9)6(5)2;/h3*3-4,9H,1-2H3,(H,10,11,12);/q;;;+3/p-3. The Bertz CT molecular complexity index is 1510. The molecule has 0 radical (unpaired) electrons. The van der Waals surface area contributed by atoms with Crippen LogP contribution in [-0.2, 0) is 30.4 Å². The van der Waals surface area contributed by atoms with Crippen molar-refractivity contribution in [3.05, 3.63) is 69.8 Å². The van der Waals surface area contributed by atoms with E-state index in [1.54, 1.807) is 41.5 Å². The van der Waals surface area contributed by atoms with E-state index in [1.165, 1.54) is 18.2 Å². The third-order valence-corrected chi connectivity index (χ3v) is 8.41. The second-order valence-electron chi connectivity index (χ2n) is 8.42. The van der Waals surface area contributed by atoms with E-state index in [0.29, 0.717) is 16.7 Å². The zero-order chi connectivity index (χ0) is 30.7. The van der Waals surface area contributed by atoms with Crippen molar-refractivity contribution in [1.82, 2.24) is 0 Å². The molecular weight excluding hydrogens is 603 g/mol. The number of phenolic OH excluding ortho intramolecular Hbond substituents is 3. The third-order valence-electron chi connectivity index (χ3n) is 5.80. The van der Waals surface area contributed by atoms with Gasteiger partial charge in [-0.3, -0.25) is 0 Å². The van der Waals surface area contributed by atoms with Gasteiger partial charge in [0, 0.05) is 0 Å².